The van der Waals surface area contributed by atoms with E-state index in [-0.39, 0.29) is 56.0 Å². The van der Waals surface area contributed by atoms with E-state index in [1.54, 1.807) is 13.8 Å². The molecule has 0 aromatic heterocycles. The van der Waals surface area contributed by atoms with Gasteiger partial charge in [-0.2, -0.15) is 11.8 Å². The van der Waals surface area contributed by atoms with Gasteiger partial charge in [-0.25, -0.2) is 0 Å². The normalized spacial score (nSPS) is 26.0. The Labute approximate surface area is 560 Å². The SMILES string of the molecule is CC[C@H](C)C[C@H](C)CCCCCCCCC(=O)N[C@H]1C[C@@H](O)[C@@H](NCCN)NC(=O)[C@@H]2[C@@H](O)CCN2C(=O)[C@H]([C@H](O)CCNC(=O)[C@H](CC(C)C)NC(=O)[C@H](CCSC)NC=O)NC(=O)[C@H]([C@H](O)[C@@H](O)c2ccc(O)cc2)NC(=O)[C@@H]2C[C@@H](O)CN2C(=O)[C@H]([C@@H](C)O)NC1=O. The third-order valence-corrected chi connectivity index (χ3v) is 18.3. The molecule has 538 valence electrons. The fourth-order valence-corrected chi connectivity index (χ4v) is 12.6. The fourth-order valence-electron chi connectivity index (χ4n) is 12.1. The number of carbonyl (C=O) groups is 10. The van der Waals surface area contributed by atoms with Crippen LogP contribution in [0.2, 0.25) is 0 Å². The number of nitrogens with one attached hydrogen (secondary N) is 9. The molecular formula is C64H108N12O18S. The Morgan fingerprint density at radius 2 is 1.36 bits per heavy atom. The third-order valence-electron chi connectivity index (χ3n) is 17.7. The van der Waals surface area contributed by atoms with E-state index < -0.39 is 189 Å². The number of phenols is 1. The Morgan fingerprint density at radius 3 is 1.99 bits per heavy atom. The van der Waals surface area contributed by atoms with Gasteiger partial charge in [0, 0.05) is 52.0 Å². The summed E-state index contributed by atoms with van der Waals surface area (Å²) in [6.07, 6.45) is -6.03. The van der Waals surface area contributed by atoms with Crippen LogP contribution in [-0.4, -0.2) is 246 Å². The zero-order chi connectivity index (χ0) is 70.6. The van der Waals surface area contributed by atoms with Crippen molar-refractivity contribution in [1.29, 1.82) is 0 Å². The summed E-state index contributed by atoms with van der Waals surface area (Å²) in [5.74, 6) is -8.08. The molecule has 3 fully saturated rings. The maximum atomic E-state index is 15.2. The fraction of sp³-hybridized carbons (Fsp3) is 0.750. The van der Waals surface area contributed by atoms with Crippen LogP contribution in [0, 0.1) is 17.8 Å². The van der Waals surface area contributed by atoms with Crippen LogP contribution < -0.4 is 53.6 Å². The van der Waals surface area contributed by atoms with Gasteiger partial charge in [0.05, 0.1) is 30.5 Å². The minimum Gasteiger partial charge on any atom is -0.508 e. The van der Waals surface area contributed by atoms with E-state index in [0.29, 0.717) is 36.8 Å². The minimum atomic E-state index is -2.39. The van der Waals surface area contributed by atoms with Gasteiger partial charge in [0.15, 0.2) is 0 Å². The maximum Gasteiger partial charge on any atom is 0.248 e. The lowest BCUT2D eigenvalue weighted by molar-refractivity contribution is -0.148. The molecule has 31 heteroatoms. The Bertz CT molecular complexity index is 2630. The smallest absolute Gasteiger partial charge is 0.248 e. The van der Waals surface area contributed by atoms with Gasteiger partial charge in [-0.15, -0.1) is 0 Å². The molecule has 30 nitrogen and oxygen atoms in total. The number of unbranched alkanes of at least 4 members (excludes halogenated alkanes) is 5. The van der Waals surface area contributed by atoms with Crippen molar-refractivity contribution in [2.45, 2.75) is 242 Å². The topological polar surface area (TPSA) is 473 Å². The Hall–Kier alpha value is -6.29. The maximum absolute atomic E-state index is 15.2. The number of nitrogens with two attached hydrogens (primary N) is 1. The molecule has 0 spiro atoms. The number of nitrogens with zero attached hydrogens (tertiary/aromatic N) is 2. The molecule has 0 aliphatic carbocycles. The molecule has 3 aliphatic rings. The number of phenolic OH excluding ortho intramolecular Hbond substituents is 1. The van der Waals surface area contributed by atoms with Gasteiger partial charge in [0.2, 0.25) is 59.6 Å². The number of aromatic hydroxyl groups is 1. The zero-order valence-electron chi connectivity index (χ0n) is 56.0. The second kappa shape index (κ2) is 41.1. The van der Waals surface area contributed by atoms with Gasteiger partial charge in [0.1, 0.15) is 72.5 Å². The second-order valence-electron chi connectivity index (χ2n) is 26.1. The van der Waals surface area contributed by atoms with Gasteiger partial charge in [-0.3, -0.25) is 53.3 Å². The summed E-state index contributed by atoms with van der Waals surface area (Å²) in [6, 6.07) is -9.36. The summed E-state index contributed by atoms with van der Waals surface area (Å²) in [4.78, 5) is 143. The molecule has 0 unspecified atom stereocenters. The summed E-state index contributed by atoms with van der Waals surface area (Å²) >= 11 is 1.43. The van der Waals surface area contributed by atoms with E-state index in [9.17, 15) is 79.2 Å². The number of benzene rings is 1. The van der Waals surface area contributed by atoms with E-state index in [2.05, 4.69) is 68.6 Å². The number of thioether (sulfide) groups is 1. The Balaban J connectivity index is 1.79. The van der Waals surface area contributed by atoms with Gasteiger partial charge in [-0.1, -0.05) is 91.7 Å². The van der Waals surface area contributed by atoms with Crippen molar-refractivity contribution in [1.82, 2.24) is 57.7 Å². The molecule has 3 aliphatic heterocycles. The van der Waals surface area contributed by atoms with E-state index in [4.69, 9.17) is 5.73 Å². The average molecular weight is 1370 g/mol. The summed E-state index contributed by atoms with van der Waals surface area (Å²) in [5, 5.41) is 115. The molecule has 0 saturated carbocycles. The van der Waals surface area contributed by atoms with Crippen LogP contribution >= 0.6 is 11.8 Å². The Morgan fingerprint density at radius 1 is 0.716 bits per heavy atom. The van der Waals surface area contributed by atoms with Crippen molar-refractivity contribution >= 4 is 71.3 Å². The van der Waals surface area contributed by atoms with Crippen LogP contribution in [-0.2, 0) is 47.9 Å². The summed E-state index contributed by atoms with van der Waals surface area (Å²) in [7, 11) is 0. The van der Waals surface area contributed by atoms with Gasteiger partial charge in [0.25, 0.3) is 0 Å². The average Bonchev–Trinajstić information content (AvgIpc) is 1.73. The largest absolute Gasteiger partial charge is 0.508 e. The zero-order valence-corrected chi connectivity index (χ0v) is 56.8. The first-order chi connectivity index (χ1) is 45.1. The number of fused-ring (bicyclic) bond motifs is 2. The highest BCUT2D eigenvalue weighted by Gasteiger charge is 2.49. The number of hydrogen-bond acceptors (Lipinski definition) is 21. The van der Waals surface area contributed by atoms with E-state index >= 15 is 9.59 Å². The molecule has 0 bridgehead atoms. The van der Waals surface area contributed by atoms with Crippen molar-refractivity contribution in [3.8, 4) is 5.75 Å². The summed E-state index contributed by atoms with van der Waals surface area (Å²) in [6.45, 7) is 9.76. The lowest BCUT2D eigenvalue weighted by atomic mass is 9.91. The first kappa shape index (κ1) is 81.1. The molecule has 3 heterocycles. The van der Waals surface area contributed by atoms with E-state index in [1.807, 2.05) is 6.26 Å². The molecule has 0 radical (unpaired) electrons. The molecule has 1 aromatic rings. The quantitative estimate of drug-likeness (QED) is 0.0246. The number of hydrogen-bond donors (Lipinski definition) is 18. The highest BCUT2D eigenvalue weighted by molar-refractivity contribution is 7.98. The van der Waals surface area contributed by atoms with Gasteiger partial charge in [-0.05, 0) is 92.9 Å². The number of rotatable bonds is 34. The van der Waals surface area contributed by atoms with E-state index in [1.165, 1.54) is 30.3 Å². The van der Waals surface area contributed by atoms with Crippen LogP contribution in [0.3, 0.4) is 0 Å². The third kappa shape index (κ3) is 25.6. The van der Waals surface area contributed by atoms with Crippen molar-refractivity contribution in [3.05, 3.63) is 29.8 Å². The number of carbonyl (C=O) groups excluding carboxylic acids is 10. The van der Waals surface area contributed by atoms with Crippen LogP contribution in [0.4, 0.5) is 0 Å². The molecule has 10 amide bonds. The molecule has 3 saturated heterocycles. The highest BCUT2D eigenvalue weighted by atomic mass is 32.2. The van der Waals surface area contributed by atoms with Crippen molar-refractivity contribution in [3.63, 3.8) is 0 Å². The molecule has 19 N–H and O–H groups in total. The van der Waals surface area contributed by atoms with Crippen molar-refractivity contribution < 1.29 is 88.8 Å². The van der Waals surface area contributed by atoms with Crippen LogP contribution in [0.25, 0.3) is 0 Å². The first-order valence-corrected chi connectivity index (χ1v) is 34.8. The lowest BCUT2D eigenvalue weighted by Crippen LogP contribution is -2.65. The standard InChI is InChI=1S/C64H108N12O18S/c1-8-36(4)30-37(5)15-13-11-9-10-12-14-16-49(84)69-44-32-48(83)56(66-26-24-65)74-62(92)53-47(82)22-27-75(53)64(94)51(46(81)21-25-67-57(87)43(29-35(2)3)70-58(88)42(68-34-77)23-28-95-7)72-61(91)52(55(86)54(85)39-17-19-40(79)20-18-39)73-60(90)45-31-41(80)33-76(45)63(93)50(38(6)78)71-59(44)89/h17-20,34-38,41-48,50-56,66,78-83,85-86H,8-16,21-33,65H2,1-7H3,(H,67,87)(H,68,77)(H,69,84)(H,70,88)(H,71,89)(H,72,91)(H,73,90)(H,74,92)/t36-,37+,38+,41+,42-,43-,44-,45-,46+,47-,48+,50-,51-,52-,53-,54-,55-,56-/m0/s1. The van der Waals surface area contributed by atoms with Crippen molar-refractivity contribution in [2.24, 2.45) is 23.5 Å². The predicted molar refractivity (Wildman–Crippen MR) is 352 cm³/mol. The van der Waals surface area contributed by atoms with Crippen molar-refractivity contribution in [2.75, 3.05) is 44.7 Å². The molecule has 4 rings (SSSR count). The lowest BCUT2D eigenvalue weighted by Gasteiger charge is -2.35. The number of aliphatic hydroxyl groups is 7. The van der Waals surface area contributed by atoms with E-state index in [0.717, 1.165) is 67.4 Å². The molecular weight excluding hydrogens is 1260 g/mol. The predicted octanol–water partition coefficient (Wildman–Crippen LogP) is -2.76. The number of aliphatic hydroxyl groups excluding tert-OH is 7. The van der Waals surface area contributed by atoms with Crippen LogP contribution in [0.15, 0.2) is 24.3 Å². The second-order valence-corrected chi connectivity index (χ2v) is 27.1. The minimum absolute atomic E-state index is 0.0643. The Kier molecular flexibility index (Phi) is 35.1. The number of amides is 10. The molecule has 95 heavy (non-hydrogen) atoms. The molecule has 18 atom stereocenters. The highest BCUT2D eigenvalue weighted by Crippen LogP contribution is 2.27. The monoisotopic (exact) mass is 1360 g/mol. The first-order valence-electron chi connectivity index (χ1n) is 33.4. The summed E-state index contributed by atoms with van der Waals surface area (Å²) < 4.78 is 0. The summed E-state index contributed by atoms with van der Waals surface area (Å²) in [5.41, 5.74) is 5.74. The van der Waals surface area contributed by atoms with Gasteiger partial charge < -0.3 is 98.9 Å². The van der Waals surface area contributed by atoms with Crippen LogP contribution in [0.5, 0.6) is 5.75 Å². The molecule has 1 aromatic carbocycles. The van der Waals surface area contributed by atoms with Crippen LogP contribution in [0.1, 0.15) is 156 Å². The van der Waals surface area contributed by atoms with Gasteiger partial charge >= 0.3 is 0 Å².